The normalized spacial score (nSPS) is 43.2. The number of carbonyl (C=O) groups excluding carboxylic acids is 4. The van der Waals surface area contributed by atoms with E-state index >= 15 is 0 Å². The van der Waals surface area contributed by atoms with Crippen LogP contribution >= 0.6 is 0 Å². The largest absolute Gasteiger partial charge is 0.462 e. The van der Waals surface area contributed by atoms with Gasteiger partial charge in [0.1, 0.15) is 24.4 Å². The lowest BCUT2D eigenvalue weighted by Crippen LogP contribution is -2.68. The molecule has 0 aromatic rings. The second kappa shape index (κ2) is 10.1. The maximum absolute atomic E-state index is 13.0. The molecule has 1 saturated carbocycles. The highest BCUT2D eigenvalue weighted by Crippen LogP contribution is 2.72. The van der Waals surface area contributed by atoms with E-state index in [-0.39, 0.29) is 19.3 Å². The number of epoxide rings is 1. The van der Waals surface area contributed by atoms with Gasteiger partial charge in [-0.25, -0.2) is 14.4 Å². The van der Waals surface area contributed by atoms with Crippen molar-refractivity contribution in [2.75, 3.05) is 19.8 Å². The molecule has 2 saturated heterocycles. The van der Waals surface area contributed by atoms with E-state index in [1.807, 2.05) is 19.9 Å². The lowest BCUT2D eigenvalue weighted by atomic mass is 9.51. The fraction of sp³-hybridized carbons (Fsp3) is 0.586. The van der Waals surface area contributed by atoms with E-state index in [4.69, 9.17) is 28.4 Å². The van der Waals surface area contributed by atoms with Crippen LogP contribution in [0.25, 0.3) is 0 Å². The van der Waals surface area contributed by atoms with Crippen molar-refractivity contribution in [1.82, 2.24) is 0 Å². The van der Waals surface area contributed by atoms with Crippen molar-refractivity contribution in [2.24, 2.45) is 10.8 Å². The van der Waals surface area contributed by atoms with Gasteiger partial charge >= 0.3 is 23.9 Å². The van der Waals surface area contributed by atoms with Crippen molar-refractivity contribution in [1.29, 1.82) is 0 Å². The molecular weight excluding hydrogens is 508 g/mol. The molecule has 2 bridgehead atoms. The third-order valence-electron chi connectivity index (χ3n) is 9.01. The molecule has 7 atom stereocenters. The summed E-state index contributed by atoms with van der Waals surface area (Å²) in [5.41, 5.74) is -0.971. The van der Waals surface area contributed by atoms with E-state index in [9.17, 15) is 19.2 Å². The molecule has 3 heterocycles. The predicted octanol–water partition coefficient (Wildman–Crippen LogP) is 2.66. The highest BCUT2D eigenvalue weighted by Gasteiger charge is 2.83. The summed E-state index contributed by atoms with van der Waals surface area (Å²) in [6.07, 6.45) is 7.59. The van der Waals surface area contributed by atoms with Crippen molar-refractivity contribution in [3.63, 3.8) is 0 Å². The summed E-state index contributed by atoms with van der Waals surface area (Å²) in [4.78, 5) is 49.8. The highest BCUT2D eigenvalue weighted by molar-refractivity contribution is 5.85. The Balaban J connectivity index is 1.57. The lowest BCUT2D eigenvalue weighted by Gasteiger charge is -2.59. The topological polar surface area (TPSA) is 127 Å². The van der Waals surface area contributed by atoms with Gasteiger partial charge in [-0.1, -0.05) is 30.7 Å². The molecule has 5 rings (SSSR count). The standard InChI is InChI=1S/C29H34O10/c1-17-9-10-34-24(31)7-5-6-8-25(32)39-21-13-23-29(16-36-29)27(21,4)28(15-35-26(33)11-17)14-20(37-19(3)30)18(2)12-22(28)38-23/h5-8,11-12,20-23H,9-10,13-16H2,1-4H3/b7-5+,8-6-,17-11+/t20-,21+,22+,23+,27+,28+,29+/m0/s1. The Morgan fingerprint density at radius 1 is 1.00 bits per heavy atom. The van der Waals surface area contributed by atoms with Gasteiger partial charge in [0, 0.05) is 44.4 Å². The minimum absolute atomic E-state index is 0.0717. The van der Waals surface area contributed by atoms with Gasteiger partial charge in [-0.15, -0.1) is 0 Å². The SMILES string of the molecule is CC(=O)O[C@H]1C[C@@]23COC(=O)/C=C(\C)CCOC(=O)/C=C/C=C\C(=O)O[C@@H]4C[C@@H](O[C@@H]2C=C1C)[C@]1(CO1)[C@]43C. The molecule has 3 aliphatic heterocycles. The molecule has 10 nitrogen and oxygen atoms in total. The van der Waals surface area contributed by atoms with Gasteiger partial charge in [0.15, 0.2) is 0 Å². The Labute approximate surface area is 226 Å². The molecule has 39 heavy (non-hydrogen) atoms. The molecule has 0 aromatic carbocycles. The van der Waals surface area contributed by atoms with E-state index in [0.29, 0.717) is 31.4 Å². The first-order valence-corrected chi connectivity index (χ1v) is 13.2. The molecular formula is C29H34O10. The van der Waals surface area contributed by atoms with E-state index < -0.39 is 58.6 Å². The van der Waals surface area contributed by atoms with E-state index in [0.717, 1.165) is 5.57 Å². The van der Waals surface area contributed by atoms with E-state index in [2.05, 4.69) is 0 Å². The van der Waals surface area contributed by atoms with E-state index in [1.165, 1.54) is 37.3 Å². The molecule has 2 spiro atoms. The van der Waals surface area contributed by atoms with Crippen LogP contribution in [0.4, 0.5) is 0 Å². The Bertz CT molecular complexity index is 1190. The van der Waals surface area contributed by atoms with Gasteiger partial charge in [-0.05, 0) is 19.4 Å². The minimum Gasteiger partial charge on any atom is -0.462 e. The molecule has 3 fully saturated rings. The molecule has 0 unspecified atom stereocenters. The van der Waals surface area contributed by atoms with Crippen LogP contribution in [0, 0.1) is 10.8 Å². The van der Waals surface area contributed by atoms with Gasteiger partial charge < -0.3 is 28.4 Å². The Morgan fingerprint density at radius 3 is 2.41 bits per heavy atom. The van der Waals surface area contributed by atoms with Crippen LogP contribution < -0.4 is 0 Å². The van der Waals surface area contributed by atoms with Crippen LogP contribution in [0.1, 0.15) is 47.0 Å². The zero-order chi connectivity index (χ0) is 28.0. The Hall–Kier alpha value is -3.24. The Kier molecular flexibility index (Phi) is 7.05. The van der Waals surface area contributed by atoms with Gasteiger partial charge in [0.25, 0.3) is 0 Å². The average Bonchev–Trinajstić information content (AvgIpc) is 3.64. The van der Waals surface area contributed by atoms with Crippen LogP contribution in [0.5, 0.6) is 0 Å². The van der Waals surface area contributed by atoms with Crippen LogP contribution in [0.2, 0.25) is 0 Å². The predicted molar refractivity (Wildman–Crippen MR) is 135 cm³/mol. The fourth-order valence-corrected chi connectivity index (χ4v) is 6.78. The number of ether oxygens (including phenoxy) is 6. The summed E-state index contributed by atoms with van der Waals surface area (Å²) in [6, 6.07) is 0. The third kappa shape index (κ3) is 4.63. The van der Waals surface area contributed by atoms with Gasteiger partial charge in [-0.2, -0.15) is 0 Å². The summed E-state index contributed by atoms with van der Waals surface area (Å²) in [5, 5.41) is 0. The maximum Gasteiger partial charge on any atom is 0.331 e. The van der Waals surface area contributed by atoms with Crippen molar-refractivity contribution < 1.29 is 47.6 Å². The number of esters is 4. The van der Waals surface area contributed by atoms with Crippen molar-refractivity contribution in [2.45, 2.75) is 77.0 Å². The maximum atomic E-state index is 13.0. The van der Waals surface area contributed by atoms with Crippen LogP contribution in [0.15, 0.2) is 47.6 Å². The number of hydrogen-bond donors (Lipinski definition) is 0. The number of hydrogen-bond acceptors (Lipinski definition) is 10. The summed E-state index contributed by atoms with van der Waals surface area (Å²) in [7, 11) is 0. The molecule has 0 amide bonds. The third-order valence-corrected chi connectivity index (χ3v) is 9.01. The van der Waals surface area contributed by atoms with Crippen molar-refractivity contribution in [3.05, 3.63) is 47.6 Å². The van der Waals surface area contributed by atoms with Crippen molar-refractivity contribution >= 4 is 23.9 Å². The summed E-state index contributed by atoms with van der Waals surface area (Å²) < 4.78 is 35.4. The molecule has 0 aromatic heterocycles. The van der Waals surface area contributed by atoms with Crippen LogP contribution in [-0.2, 0) is 47.6 Å². The Morgan fingerprint density at radius 2 is 1.72 bits per heavy atom. The molecule has 210 valence electrons. The summed E-state index contributed by atoms with van der Waals surface area (Å²) in [5.74, 6) is -2.15. The quantitative estimate of drug-likeness (QED) is 0.211. The minimum atomic E-state index is -0.928. The van der Waals surface area contributed by atoms with Crippen LogP contribution in [-0.4, -0.2) is 73.7 Å². The summed E-state index contributed by atoms with van der Waals surface area (Å²) >= 11 is 0. The molecule has 0 radical (unpaired) electrons. The zero-order valence-corrected chi connectivity index (χ0v) is 22.6. The van der Waals surface area contributed by atoms with Gasteiger partial charge in [-0.3, -0.25) is 4.79 Å². The smallest absolute Gasteiger partial charge is 0.331 e. The van der Waals surface area contributed by atoms with Crippen molar-refractivity contribution in [3.8, 4) is 0 Å². The number of carbonyl (C=O) groups is 4. The molecule has 10 heteroatoms. The van der Waals surface area contributed by atoms with Crippen LogP contribution in [0.3, 0.4) is 0 Å². The average molecular weight is 543 g/mol. The second-order valence-electron chi connectivity index (χ2n) is 11.2. The van der Waals surface area contributed by atoms with E-state index in [1.54, 1.807) is 6.92 Å². The number of rotatable bonds is 1. The molecule has 5 aliphatic rings. The first kappa shape index (κ1) is 27.3. The summed E-state index contributed by atoms with van der Waals surface area (Å²) in [6.45, 7) is 7.41. The number of cyclic esters (lactones) is 2. The fourth-order valence-electron chi connectivity index (χ4n) is 6.78. The highest BCUT2D eigenvalue weighted by atomic mass is 16.6. The first-order chi connectivity index (χ1) is 18.5. The molecule has 2 aliphatic carbocycles. The first-order valence-electron chi connectivity index (χ1n) is 13.2. The second-order valence-corrected chi connectivity index (χ2v) is 11.2. The zero-order valence-electron chi connectivity index (χ0n) is 22.6. The monoisotopic (exact) mass is 542 g/mol. The lowest BCUT2D eigenvalue weighted by molar-refractivity contribution is -0.239. The number of allylic oxidation sites excluding steroid dienone is 2. The molecule has 0 N–H and O–H groups in total. The van der Waals surface area contributed by atoms with Gasteiger partial charge in [0.05, 0.1) is 36.3 Å². The van der Waals surface area contributed by atoms with Gasteiger partial charge in [0.2, 0.25) is 0 Å².